The van der Waals surface area contributed by atoms with Gasteiger partial charge in [-0.15, -0.1) is 0 Å². The van der Waals surface area contributed by atoms with Gasteiger partial charge in [-0.25, -0.2) is 0 Å². The third kappa shape index (κ3) is 2.00. The molecule has 3 atom stereocenters. The molecule has 14 heavy (non-hydrogen) atoms. The van der Waals surface area contributed by atoms with Crippen LogP contribution in [0.3, 0.4) is 0 Å². The van der Waals surface area contributed by atoms with E-state index in [-0.39, 0.29) is 19.3 Å². The Morgan fingerprint density at radius 1 is 1.21 bits per heavy atom. The van der Waals surface area contributed by atoms with Crippen LogP contribution in [0.15, 0.2) is 12.2 Å². The average molecular weight is 197 g/mol. The molecule has 2 aliphatic rings. The zero-order chi connectivity index (χ0) is 9.97. The highest BCUT2D eigenvalue weighted by atomic mass is 16.3. The van der Waals surface area contributed by atoms with Crippen LogP contribution in [0.5, 0.6) is 0 Å². The molecule has 3 N–H and O–H groups in total. The zero-order valence-electron chi connectivity index (χ0n) is 8.39. The van der Waals surface area contributed by atoms with Crippen LogP contribution in [0.1, 0.15) is 12.8 Å². The van der Waals surface area contributed by atoms with Crippen LogP contribution in [-0.2, 0) is 0 Å². The Hall–Kier alpha value is -0.380. The van der Waals surface area contributed by atoms with Gasteiger partial charge in [-0.2, -0.15) is 0 Å². The molecular formula is C11H19NO2. The van der Waals surface area contributed by atoms with Crippen LogP contribution in [-0.4, -0.2) is 36.0 Å². The van der Waals surface area contributed by atoms with Crippen molar-refractivity contribution in [1.29, 1.82) is 0 Å². The molecule has 0 saturated heterocycles. The van der Waals surface area contributed by atoms with Crippen molar-refractivity contribution in [2.45, 2.75) is 18.9 Å². The first-order chi connectivity index (χ1) is 6.83. The molecule has 0 unspecified atom stereocenters. The lowest BCUT2D eigenvalue weighted by molar-refractivity contribution is 0.165. The van der Waals surface area contributed by atoms with E-state index in [4.69, 9.17) is 10.2 Å². The highest BCUT2D eigenvalue weighted by Gasteiger charge is 2.35. The SMILES string of the molecule is OCC(CO)NC[C@@H]1C[C@H]2C=C[C@@H]1C2. The minimum atomic E-state index is -0.141. The van der Waals surface area contributed by atoms with E-state index in [0.29, 0.717) is 5.92 Å². The first-order valence-corrected chi connectivity index (χ1v) is 5.47. The molecule has 0 aromatic rings. The molecule has 2 aliphatic carbocycles. The lowest BCUT2D eigenvalue weighted by Gasteiger charge is -2.21. The Balaban J connectivity index is 1.74. The van der Waals surface area contributed by atoms with E-state index in [1.54, 1.807) is 0 Å². The summed E-state index contributed by atoms with van der Waals surface area (Å²) in [4.78, 5) is 0. The van der Waals surface area contributed by atoms with Crippen LogP contribution in [0.4, 0.5) is 0 Å². The summed E-state index contributed by atoms with van der Waals surface area (Å²) < 4.78 is 0. The summed E-state index contributed by atoms with van der Waals surface area (Å²) in [7, 11) is 0. The van der Waals surface area contributed by atoms with E-state index in [0.717, 1.165) is 18.4 Å². The van der Waals surface area contributed by atoms with Crippen molar-refractivity contribution < 1.29 is 10.2 Å². The molecule has 1 saturated carbocycles. The van der Waals surface area contributed by atoms with E-state index in [9.17, 15) is 0 Å². The summed E-state index contributed by atoms with van der Waals surface area (Å²) in [5.41, 5.74) is 0. The minimum Gasteiger partial charge on any atom is -0.395 e. The summed E-state index contributed by atoms with van der Waals surface area (Å²) >= 11 is 0. The van der Waals surface area contributed by atoms with E-state index < -0.39 is 0 Å². The van der Waals surface area contributed by atoms with Gasteiger partial charge in [-0.1, -0.05) is 12.2 Å². The van der Waals surface area contributed by atoms with Gasteiger partial charge < -0.3 is 15.5 Å². The molecule has 3 heteroatoms. The number of rotatable bonds is 5. The molecule has 0 amide bonds. The Morgan fingerprint density at radius 3 is 2.50 bits per heavy atom. The van der Waals surface area contributed by atoms with Gasteiger partial charge in [0.15, 0.2) is 0 Å². The minimum absolute atomic E-state index is 0.0210. The second-order valence-corrected chi connectivity index (χ2v) is 4.51. The Kier molecular flexibility index (Phi) is 3.21. The van der Waals surface area contributed by atoms with Gasteiger partial charge in [0.25, 0.3) is 0 Å². The molecule has 0 spiro atoms. The molecule has 0 aromatic heterocycles. The lowest BCUT2D eigenvalue weighted by atomic mass is 9.93. The van der Waals surface area contributed by atoms with E-state index in [1.807, 2.05) is 0 Å². The third-order valence-electron chi connectivity index (χ3n) is 3.53. The number of fused-ring (bicyclic) bond motifs is 2. The van der Waals surface area contributed by atoms with Crippen molar-refractivity contribution in [3.05, 3.63) is 12.2 Å². The Morgan fingerprint density at radius 2 is 2.00 bits per heavy atom. The summed E-state index contributed by atoms with van der Waals surface area (Å²) in [5, 5.41) is 21.0. The second-order valence-electron chi connectivity index (χ2n) is 4.51. The monoisotopic (exact) mass is 197 g/mol. The molecule has 0 heterocycles. The predicted octanol–water partition coefficient (Wildman–Crippen LogP) is 0.141. The van der Waals surface area contributed by atoms with Gasteiger partial charge in [-0.05, 0) is 37.1 Å². The molecule has 0 aliphatic heterocycles. The summed E-state index contributed by atoms with van der Waals surface area (Å²) in [6.07, 6.45) is 7.25. The molecule has 80 valence electrons. The quantitative estimate of drug-likeness (QED) is 0.550. The summed E-state index contributed by atoms with van der Waals surface area (Å²) in [6.45, 7) is 0.970. The number of hydrogen-bond acceptors (Lipinski definition) is 3. The maximum absolute atomic E-state index is 8.90. The molecule has 1 fully saturated rings. The normalized spacial score (nSPS) is 34.6. The van der Waals surface area contributed by atoms with Gasteiger partial charge in [0.2, 0.25) is 0 Å². The number of hydrogen-bond donors (Lipinski definition) is 3. The smallest absolute Gasteiger partial charge is 0.0607 e. The maximum Gasteiger partial charge on any atom is 0.0607 e. The lowest BCUT2D eigenvalue weighted by Crippen LogP contribution is -2.39. The van der Waals surface area contributed by atoms with Gasteiger partial charge >= 0.3 is 0 Å². The highest BCUT2D eigenvalue weighted by Crippen LogP contribution is 2.42. The van der Waals surface area contributed by atoms with Gasteiger partial charge in [0.05, 0.1) is 19.3 Å². The first kappa shape index (κ1) is 10.1. The van der Waals surface area contributed by atoms with Crippen LogP contribution in [0, 0.1) is 17.8 Å². The number of allylic oxidation sites excluding steroid dienone is 2. The maximum atomic E-state index is 8.90. The van der Waals surface area contributed by atoms with E-state index in [1.165, 1.54) is 12.8 Å². The summed E-state index contributed by atoms with van der Waals surface area (Å²) in [5.74, 6) is 2.25. The van der Waals surface area contributed by atoms with Crippen molar-refractivity contribution in [3.63, 3.8) is 0 Å². The van der Waals surface area contributed by atoms with Crippen LogP contribution in [0.25, 0.3) is 0 Å². The summed E-state index contributed by atoms with van der Waals surface area (Å²) in [6, 6.07) is -0.141. The second kappa shape index (κ2) is 4.43. The molecule has 2 rings (SSSR count). The zero-order valence-corrected chi connectivity index (χ0v) is 8.39. The largest absolute Gasteiger partial charge is 0.395 e. The van der Waals surface area contributed by atoms with Crippen LogP contribution < -0.4 is 5.32 Å². The molecular weight excluding hydrogens is 178 g/mol. The van der Waals surface area contributed by atoms with Crippen molar-refractivity contribution >= 4 is 0 Å². The van der Waals surface area contributed by atoms with E-state index in [2.05, 4.69) is 17.5 Å². The highest BCUT2D eigenvalue weighted by molar-refractivity contribution is 5.10. The first-order valence-electron chi connectivity index (χ1n) is 5.47. The fourth-order valence-corrected chi connectivity index (χ4v) is 2.63. The molecule has 0 aromatic carbocycles. The molecule has 2 bridgehead atoms. The van der Waals surface area contributed by atoms with E-state index >= 15 is 0 Å². The Labute approximate surface area is 84.8 Å². The van der Waals surface area contributed by atoms with Crippen molar-refractivity contribution in [1.82, 2.24) is 5.32 Å². The predicted molar refractivity (Wildman–Crippen MR) is 54.8 cm³/mol. The van der Waals surface area contributed by atoms with Crippen molar-refractivity contribution in [2.75, 3.05) is 19.8 Å². The molecule has 0 radical (unpaired) electrons. The van der Waals surface area contributed by atoms with Gasteiger partial charge in [-0.3, -0.25) is 0 Å². The van der Waals surface area contributed by atoms with Crippen LogP contribution >= 0.6 is 0 Å². The van der Waals surface area contributed by atoms with Gasteiger partial charge in [0, 0.05) is 0 Å². The van der Waals surface area contributed by atoms with Gasteiger partial charge in [0.1, 0.15) is 0 Å². The Bertz CT molecular complexity index is 213. The number of aliphatic hydroxyl groups is 2. The number of nitrogens with one attached hydrogen (secondary N) is 1. The van der Waals surface area contributed by atoms with Crippen LogP contribution in [0.2, 0.25) is 0 Å². The number of aliphatic hydroxyl groups excluding tert-OH is 2. The standard InChI is InChI=1S/C11H19NO2/c13-6-11(7-14)12-5-10-4-8-1-2-9(10)3-8/h1-2,8-14H,3-7H2/t8-,9+,10-/m0/s1. The fourth-order valence-electron chi connectivity index (χ4n) is 2.63. The van der Waals surface area contributed by atoms with Crippen molar-refractivity contribution in [3.8, 4) is 0 Å². The average Bonchev–Trinajstić information content (AvgIpc) is 2.80. The fraction of sp³-hybridized carbons (Fsp3) is 0.818. The van der Waals surface area contributed by atoms with Crippen molar-refractivity contribution in [2.24, 2.45) is 17.8 Å². The molecule has 3 nitrogen and oxygen atoms in total. The third-order valence-corrected chi connectivity index (χ3v) is 3.53. The topological polar surface area (TPSA) is 52.5 Å².